The van der Waals surface area contributed by atoms with Gasteiger partial charge in [-0.1, -0.05) is 24.3 Å². The van der Waals surface area contributed by atoms with Crippen LogP contribution in [0.15, 0.2) is 54.7 Å². The molecule has 1 saturated heterocycles. The quantitative estimate of drug-likeness (QED) is 0.325. The van der Waals surface area contributed by atoms with Crippen molar-refractivity contribution in [2.45, 2.75) is 32.0 Å². The van der Waals surface area contributed by atoms with Gasteiger partial charge in [-0.15, -0.1) is 4.68 Å². The van der Waals surface area contributed by atoms with E-state index in [0.717, 1.165) is 11.1 Å². The third kappa shape index (κ3) is 3.01. The Balaban J connectivity index is 1.54. The molecule has 0 unspecified atom stereocenters. The molecule has 0 radical (unpaired) electrons. The summed E-state index contributed by atoms with van der Waals surface area (Å²) in [6.07, 6.45) is 2.85. The van der Waals surface area contributed by atoms with Gasteiger partial charge in [0, 0.05) is 21.8 Å². The van der Waals surface area contributed by atoms with Gasteiger partial charge in [0.25, 0.3) is 6.33 Å². The second kappa shape index (κ2) is 7.44. The van der Waals surface area contributed by atoms with Gasteiger partial charge in [-0.05, 0) is 47.7 Å². The Morgan fingerprint density at radius 3 is 2.63 bits per heavy atom. The van der Waals surface area contributed by atoms with Crippen molar-refractivity contribution in [1.29, 1.82) is 0 Å². The maximum absolute atomic E-state index is 13.4. The Morgan fingerprint density at radius 1 is 1.23 bits per heavy atom. The van der Waals surface area contributed by atoms with Gasteiger partial charge in [-0.3, -0.25) is 9.59 Å². The van der Waals surface area contributed by atoms with E-state index in [1.54, 1.807) is 28.0 Å². The Hall–Kier alpha value is -4.11. The largest absolute Gasteiger partial charge is 0.543 e. The molecule has 2 aliphatic heterocycles. The number of aliphatic hydroxyl groups excluding tert-OH is 1. The number of hydrogen-bond acceptors (Lipinski definition) is 6. The molecule has 9 nitrogen and oxygen atoms in total. The lowest BCUT2D eigenvalue weighted by Crippen LogP contribution is -2.62. The number of aromatic nitrogens is 3. The summed E-state index contributed by atoms with van der Waals surface area (Å²) in [5.74, 6) is -2.58. The van der Waals surface area contributed by atoms with E-state index >= 15 is 0 Å². The summed E-state index contributed by atoms with van der Waals surface area (Å²) in [5.41, 5.74) is 4.32. The lowest BCUT2D eigenvalue weighted by atomic mass is 9.82. The first-order chi connectivity index (χ1) is 16.8. The molecule has 1 amide bonds. The molecule has 6 rings (SSSR count). The molecule has 0 bridgehead atoms. The summed E-state index contributed by atoms with van der Waals surface area (Å²) in [7, 11) is 1.85. The predicted molar refractivity (Wildman–Crippen MR) is 120 cm³/mol. The summed E-state index contributed by atoms with van der Waals surface area (Å²) in [6, 6.07) is 10.6. The summed E-state index contributed by atoms with van der Waals surface area (Å²) in [4.78, 5) is 39.4. The van der Waals surface area contributed by atoms with E-state index in [1.165, 1.54) is 11.8 Å². The third-order valence-corrected chi connectivity index (χ3v) is 7.21. The SMILES string of the molecule is C[C@@H](O)[C@H]1C(=O)N2C(C(=O)[O-])=C(c3cc(Cn4c[n+](C)cn4)c4c(c3)-c3ccccc3C4=O)C[C@H]12. The standard InChI is InChI=1S/C26H22N4O5/c1-13(31)21-20-9-18(23(26(34)35)30(20)25(21)33)14-7-15(10-29-12-28(2)11-27-29)22-19(8-14)16-5-3-4-6-17(16)24(22)32/h3-8,11-13,20-21,31H,9-10H2,1-2H3/t13-,20-,21-/m1/s1. The van der Waals surface area contributed by atoms with Crippen molar-refractivity contribution in [3.63, 3.8) is 0 Å². The number of carbonyl (C=O) groups is 3. The number of aliphatic hydroxyl groups is 1. The number of nitrogens with zero attached hydrogens (tertiary/aromatic N) is 4. The molecule has 1 aromatic heterocycles. The maximum Gasteiger partial charge on any atom is 0.264 e. The monoisotopic (exact) mass is 470 g/mol. The van der Waals surface area contributed by atoms with Gasteiger partial charge in [0.15, 0.2) is 5.78 Å². The molecule has 3 atom stereocenters. The molecule has 0 spiro atoms. The van der Waals surface area contributed by atoms with E-state index in [-0.39, 0.29) is 17.9 Å². The van der Waals surface area contributed by atoms with Crippen LogP contribution in [0, 0.1) is 5.92 Å². The molecule has 1 aliphatic carbocycles. The molecule has 9 heteroatoms. The number of aryl methyl sites for hydroxylation is 1. The second-order valence-corrected chi connectivity index (χ2v) is 9.40. The number of amides is 1. The van der Waals surface area contributed by atoms with Crippen molar-refractivity contribution in [1.82, 2.24) is 14.7 Å². The van der Waals surface area contributed by atoms with E-state index in [2.05, 4.69) is 5.10 Å². The minimum absolute atomic E-state index is 0.0811. The van der Waals surface area contributed by atoms with Crippen LogP contribution in [0.1, 0.15) is 40.4 Å². The molecule has 3 heterocycles. The van der Waals surface area contributed by atoms with Gasteiger partial charge in [0.05, 0.1) is 36.8 Å². The first-order valence-electron chi connectivity index (χ1n) is 11.4. The van der Waals surface area contributed by atoms with Crippen molar-refractivity contribution < 1.29 is 29.2 Å². The zero-order valence-electron chi connectivity index (χ0n) is 19.1. The number of β-lactam (4-membered cyclic amide) rings is 1. The number of carboxylic acids is 1. The van der Waals surface area contributed by atoms with Crippen LogP contribution < -0.4 is 9.67 Å². The highest BCUT2D eigenvalue weighted by Crippen LogP contribution is 2.48. The maximum atomic E-state index is 13.4. The lowest BCUT2D eigenvalue weighted by molar-refractivity contribution is -0.672. The predicted octanol–water partition coefficient (Wildman–Crippen LogP) is 0.0398. The normalized spacial score (nSPS) is 21.1. The Kier molecular flexibility index (Phi) is 4.56. The first kappa shape index (κ1) is 21.4. The number of carbonyl (C=O) groups excluding carboxylic acids is 3. The molecule has 2 aromatic carbocycles. The number of fused-ring (bicyclic) bond motifs is 4. The van der Waals surface area contributed by atoms with Crippen LogP contribution >= 0.6 is 0 Å². The van der Waals surface area contributed by atoms with Crippen molar-refractivity contribution in [3.05, 3.63) is 77.0 Å². The molecule has 35 heavy (non-hydrogen) atoms. The number of hydrogen-bond donors (Lipinski definition) is 1. The van der Waals surface area contributed by atoms with Gasteiger partial charge >= 0.3 is 0 Å². The minimum Gasteiger partial charge on any atom is -0.543 e. The molecule has 3 aromatic rings. The highest BCUT2D eigenvalue weighted by atomic mass is 16.4. The number of benzene rings is 2. The van der Waals surface area contributed by atoms with E-state index < -0.39 is 29.9 Å². The fourth-order valence-electron chi connectivity index (χ4n) is 5.72. The Morgan fingerprint density at radius 2 is 1.97 bits per heavy atom. The molecular weight excluding hydrogens is 448 g/mol. The summed E-state index contributed by atoms with van der Waals surface area (Å²) in [6.45, 7) is 1.85. The third-order valence-electron chi connectivity index (χ3n) is 7.21. The van der Waals surface area contributed by atoms with Gasteiger partial charge in [-0.2, -0.15) is 0 Å². The topological polar surface area (TPSA) is 119 Å². The average Bonchev–Trinajstić information content (AvgIpc) is 3.46. The second-order valence-electron chi connectivity index (χ2n) is 9.40. The Labute approximate surface area is 200 Å². The van der Waals surface area contributed by atoms with Crippen LogP contribution in [0.4, 0.5) is 0 Å². The van der Waals surface area contributed by atoms with Crippen molar-refractivity contribution >= 4 is 23.2 Å². The van der Waals surface area contributed by atoms with Gasteiger partial charge < -0.3 is 19.9 Å². The number of ketones is 1. The van der Waals surface area contributed by atoms with E-state index in [0.29, 0.717) is 34.4 Å². The molecule has 0 saturated carbocycles. The molecular formula is C26H22N4O5. The van der Waals surface area contributed by atoms with Crippen LogP contribution in [0.5, 0.6) is 0 Å². The highest BCUT2D eigenvalue weighted by molar-refractivity contribution is 6.23. The van der Waals surface area contributed by atoms with Gasteiger partial charge in [0.1, 0.15) is 6.54 Å². The van der Waals surface area contributed by atoms with Crippen molar-refractivity contribution in [2.24, 2.45) is 13.0 Å². The lowest BCUT2D eigenvalue weighted by Gasteiger charge is -2.45. The van der Waals surface area contributed by atoms with E-state index in [1.807, 2.05) is 37.4 Å². The zero-order chi connectivity index (χ0) is 24.6. The van der Waals surface area contributed by atoms with E-state index in [4.69, 9.17) is 0 Å². The van der Waals surface area contributed by atoms with Gasteiger partial charge in [-0.25, -0.2) is 4.57 Å². The fourth-order valence-corrected chi connectivity index (χ4v) is 5.72. The van der Waals surface area contributed by atoms with Crippen LogP contribution in [-0.4, -0.2) is 49.6 Å². The number of rotatable bonds is 5. The van der Waals surface area contributed by atoms with Crippen LogP contribution in [0.3, 0.4) is 0 Å². The van der Waals surface area contributed by atoms with Gasteiger partial charge in [0.2, 0.25) is 12.2 Å². The number of carboxylic acid groups (broad SMARTS) is 1. The molecule has 3 aliphatic rings. The molecule has 176 valence electrons. The summed E-state index contributed by atoms with van der Waals surface area (Å²) in [5, 5.41) is 26.6. The molecule has 1 fully saturated rings. The minimum atomic E-state index is -1.43. The number of aliphatic carboxylic acids is 1. The smallest absolute Gasteiger partial charge is 0.264 e. The Bertz CT molecular complexity index is 1480. The summed E-state index contributed by atoms with van der Waals surface area (Å²) < 4.78 is 3.50. The van der Waals surface area contributed by atoms with Crippen LogP contribution in [0.2, 0.25) is 0 Å². The fraction of sp³-hybridized carbons (Fsp3) is 0.269. The summed E-state index contributed by atoms with van der Waals surface area (Å²) >= 11 is 0. The zero-order valence-corrected chi connectivity index (χ0v) is 19.1. The van der Waals surface area contributed by atoms with Crippen molar-refractivity contribution in [2.75, 3.05) is 0 Å². The molecule has 1 N–H and O–H groups in total. The van der Waals surface area contributed by atoms with E-state index in [9.17, 15) is 24.6 Å². The highest BCUT2D eigenvalue weighted by Gasteiger charge is 2.55. The van der Waals surface area contributed by atoms with Crippen molar-refractivity contribution in [3.8, 4) is 11.1 Å². The van der Waals surface area contributed by atoms with Crippen LogP contribution in [0.25, 0.3) is 16.7 Å². The first-order valence-corrected chi connectivity index (χ1v) is 11.4. The van der Waals surface area contributed by atoms with Crippen LogP contribution in [-0.2, 0) is 23.2 Å². The average molecular weight is 470 g/mol.